The third-order valence-corrected chi connectivity index (χ3v) is 6.01. The van der Waals surface area contributed by atoms with E-state index < -0.39 is 0 Å². The van der Waals surface area contributed by atoms with Crippen LogP contribution in [-0.4, -0.2) is 39.9 Å². The predicted octanol–water partition coefficient (Wildman–Crippen LogP) is 5.57. The molecule has 0 saturated carbocycles. The number of aromatic nitrogens is 8. The Labute approximate surface area is 205 Å². The van der Waals surface area contributed by atoms with Gasteiger partial charge in [-0.3, -0.25) is 9.97 Å². The molecular weight excluding hydrogens is 448 g/mol. The van der Waals surface area contributed by atoms with E-state index in [0.717, 1.165) is 44.7 Å². The minimum atomic E-state index is 0.605. The molecule has 0 atom stereocenters. The highest BCUT2D eigenvalue weighted by Crippen LogP contribution is 2.30. The number of nitrogens with zero attached hydrogens (tertiary/aromatic N) is 6. The standard InChI is InChI=1S/C28H18N8/c1-3-17(15-29-13-1)27-19-5-9-23(31-19)35-25-11-7-21(33-25)28(18-4-2-14-30-16-18)22-8-12-26(34-22)36-24-10-6-20(27)32-24/h1-16H,(H,31,33,35)(H,32,34,36). The van der Waals surface area contributed by atoms with Crippen LogP contribution in [0.3, 0.4) is 0 Å². The number of rotatable bonds is 2. The Morgan fingerprint density at radius 2 is 1.03 bits per heavy atom. The molecule has 8 heteroatoms. The van der Waals surface area contributed by atoms with Gasteiger partial charge in [0.1, 0.15) is 11.3 Å². The molecule has 8 bridgehead atoms. The van der Waals surface area contributed by atoms with E-state index >= 15 is 0 Å². The van der Waals surface area contributed by atoms with E-state index in [4.69, 9.17) is 19.9 Å². The molecule has 0 fully saturated rings. The summed E-state index contributed by atoms with van der Waals surface area (Å²) in [5.74, 6) is 1.21. The number of fused-ring (bicyclic) bond motifs is 8. The van der Waals surface area contributed by atoms with Crippen molar-refractivity contribution in [2.45, 2.75) is 0 Å². The SMILES string of the molecule is C1=Cc2nc1nc1ccc([nH]1)c(-c1cccnc1)c1ccc(nc3nc(c2-c2cccnc2)C=C3)[nH]1. The molecule has 8 nitrogen and oxygen atoms in total. The molecule has 2 aliphatic heterocycles. The molecule has 7 rings (SSSR count). The summed E-state index contributed by atoms with van der Waals surface area (Å²) in [6.45, 7) is 0. The van der Waals surface area contributed by atoms with Crippen molar-refractivity contribution in [2.24, 2.45) is 0 Å². The average Bonchev–Trinajstić information content (AvgIpc) is 3.72. The zero-order valence-electron chi connectivity index (χ0n) is 18.9. The second-order valence-electron chi connectivity index (χ2n) is 8.35. The van der Waals surface area contributed by atoms with Crippen molar-refractivity contribution in [1.82, 2.24) is 39.9 Å². The molecule has 5 aromatic heterocycles. The van der Waals surface area contributed by atoms with Crippen LogP contribution in [0.15, 0.2) is 73.3 Å². The van der Waals surface area contributed by atoms with Gasteiger partial charge in [0.2, 0.25) is 0 Å². The van der Waals surface area contributed by atoms with Gasteiger partial charge in [-0.1, -0.05) is 12.1 Å². The molecule has 2 aliphatic rings. The molecule has 0 saturated heterocycles. The van der Waals surface area contributed by atoms with Gasteiger partial charge >= 0.3 is 0 Å². The average molecular weight is 467 g/mol. The molecule has 170 valence electrons. The molecule has 0 radical (unpaired) electrons. The van der Waals surface area contributed by atoms with E-state index in [1.165, 1.54) is 0 Å². The van der Waals surface area contributed by atoms with Crippen molar-refractivity contribution in [3.05, 3.63) is 96.4 Å². The highest BCUT2D eigenvalue weighted by molar-refractivity contribution is 5.93. The van der Waals surface area contributed by atoms with Crippen molar-refractivity contribution in [3.63, 3.8) is 0 Å². The van der Waals surface area contributed by atoms with Gasteiger partial charge in [0, 0.05) is 58.1 Å². The van der Waals surface area contributed by atoms with Gasteiger partial charge < -0.3 is 9.97 Å². The Kier molecular flexibility index (Phi) is 4.60. The topological polar surface area (TPSA) is 109 Å². The first-order valence-electron chi connectivity index (χ1n) is 11.5. The van der Waals surface area contributed by atoms with E-state index in [0.29, 0.717) is 22.9 Å². The number of aromatic amines is 2. The molecule has 2 N–H and O–H groups in total. The Morgan fingerprint density at radius 1 is 0.500 bits per heavy atom. The molecule has 0 unspecified atom stereocenters. The fourth-order valence-corrected chi connectivity index (χ4v) is 4.45. The van der Waals surface area contributed by atoms with Gasteiger partial charge in [0.05, 0.1) is 11.4 Å². The fourth-order valence-electron chi connectivity index (χ4n) is 4.45. The summed E-state index contributed by atoms with van der Waals surface area (Å²) >= 11 is 0. The molecule has 5 aromatic rings. The third kappa shape index (κ3) is 3.57. The minimum absolute atomic E-state index is 0.605. The lowest BCUT2D eigenvalue weighted by Gasteiger charge is -2.03. The first-order valence-corrected chi connectivity index (χ1v) is 11.5. The van der Waals surface area contributed by atoms with Crippen LogP contribution in [0, 0.1) is 0 Å². The van der Waals surface area contributed by atoms with Crippen molar-refractivity contribution in [1.29, 1.82) is 0 Å². The van der Waals surface area contributed by atoms with E-state index in [1.54, 1.807) is 12.4 Å². The lowest BCUT2D eigenvalue weighted by atomic mass is 10.0. The van der Waals surface area contributed by atoms with E-state index in [1.807, 2.05) is 85.2 Å². The van der Waals surface area contributed by atoms with Crippen LogP contribution in [0.25, 0.3) is 68.9 Å². The summed E-state index contributed by atoms with van der Waals surface area (Å²) in [6, 6.07) is 15.8. The first-order chi connectivity index (χ1) is 17.8. The Morgan fingerprint density at radius 3 is 1.53 bits per heavy atom. The van der Waals surface area contributed by atoms with E-state index in [9.17, 15) is 0 Å². The molecule has 36 heavy (non-hydrogen) atoms. The van der Waals surface area contributed by atoms with Crippen molar-refractivity contribution < 1.29 is 0 Å². The summed E-state index contributed by atoms with van der Waals surface area (Å²) < 4.78 is 0. The Balaban J connectivity index is 1.58. The van der Waals surface area contributed by atoms with Crippen molar-refractivity contribution >= 4 is 46.6 Å². The van der Waals surface area contributed by atoms with Gasteiger partial charge in [-0.2, -0.15) is 0 Å². The lowest BCUT2D eigenvalue weighted by molar-refractivity contribution is 1.17. The normalized spacial score (nSPS) is 12.2. The van der Waals surface area contributed by atoms with Crippen LogP contribution < -0.4 is 0 Å². The predicted molar refractivity (Wildman–Crippen MR) is 141 cm³/mol. The smallest absolute Gasteiger partial charge is 0.155 e. The van der Waals surface area contributed by atoms with Crippen LogP contribution in [0.2, 0.25) is 0 Å². The van der Waals surface area contributed by atoms with Gasteiger partial charge in [-0.15, -0.1) is 0 Å². The molecule has 0 amide bonds. The molecule has 0 spiro atoms. The molecule has 7 heterocycles. The Bertz CT molecular complexity index is 1740. The number of hydrogen-bond donors (Lipinski definition) is 2. The Hall–Kier alpha value is -5.24. The summed E-state index contributed by atoms with van der Waals surface area (Å²) in [7, 11) is 0. The monoisotopic (exact) mass is 466 g/mol. The molecule has 0 aliphatic carbocycles. The maximum Gasteiger partial charge on any atom is 0.155 e. The number of nitrogens with one attached hydrogen (secondary N) is 2. The van der Waals surface area contributed by atoms with Crippen LogP contribution in [-0.2, 0) is 0 Å². The lowest BCUT2D eigenvalue weighted by Crippen LogP contribution is -1.90. The van der Waals surface area contributed by atoms with Gasteiger partial charge in [-0.25, -0.2) is 19.9 Å². The summed E-state index contributed by atoms with van der Waals surface area (Å²) in [5.41, 5.74) is 8.52. The number of H-pyrrole nitrogens is 2. The van der Waals surface area contributed by atoms with Crippen LogP contribution in [0.5, 0.6) is 0 Å². The fraction of sp³-hybridized carbons (Fsp3) is 0. The quantitative estimate of drug-likeness (QED) is 0.345. The maximum atomic E-state index is 4.81. The second-order valence-corrected chi connectivity index (χ2v) is 8.35. The number of pyridine rings is 2. The summed E-state index contributed by atoms with van der Waals surface area (Å²) in [6.07, 6.45) is 14.9. The van der Waals surface area contributed by atoms with E-state index in [2.05, 4.69) is 19.9 Å². The van der Waals surface area contributed by atoms with Gasteiger partial charge in [0.15, 0.2) is 11.6 Å². The van der Waals surface area contributed by atoms with E-state index in [-0.39, 0.29) is 0 Å². The highest BCUT2D eigenvalue weighted by Gasteiger charge is 2.15. The minimum Gasteiger partial charge on any atom is -0.340 e. The van der Waals surface area contributed by atoms with Crippen molar-refractivity contribution in [2.75, 3.05) is 0 Å². The largest absolute Gasteiger partial charge is 0.340 e. The van der Waals surface area contributed by atoms with Gasteiger partial charge in [0.25, 0.3) is 0 Å². The summed E-state index contributed by atoms with van der Waals surface area (Å²) in [5, 5.41) is 0. The highest BCUT2D eigenvalue weighted by atomic mass is 15.0. The van der Waals surface area contributed by atoms with Crippen molar-refractivity contribution in [3.8, 4) is 22.3 Å². The maximum absolute atomic E-state index is 4.81. The van der Waals surface area contributed by atoms with Crippen LogP contribution in [0.4, 0.5) is 0 Å². The zero-order valence-corrected chi connectivity index (χ0v) is 18.9. The van der Waals surface area contributed by atoms with Crippen LogP contribution in [0.1, 0.15) is 23.0 Å². The second kappa shape index (κ2) is 8.21. The van der Waals surface area contributed by atoms with Gasteiger partial charge in [-0.05, 0) is 60.7 Å². The zero-order chi connectivity index (χ0) is 23.9. The first kappa shape index (κ1) is 20.2. The van der Waals surface area contributed by atoms with Crippen LogP contribution >= 0.6 is 0 Å². The summed E-state index contributed by atoms with van der Waals surface area (Å²) in [4.78, 5) is 34.6. The molecule has 0 aromatic carbocycles. The third-order valence-electron chi connectivity index (χ3n) is 6.01. The number of hydrogen-bond acceptors (Lipinski definition) is 6. The molecular formula is C28H18N8.